The van der Waals surface area contributed by atoms with Crippen LogP contribution in [-0.4, -0.2) is 33.7 Å². The van der Waals surface area contributed by atoms with Crippen molar-refractivity contribution in [2.45, 2.75) is 39.7 Å². The van der Waals surface area contributed by atoms with Gasteiger partial charge in [-0.25, -0.2) is 8.42 Å². The van der Waals surface area contributed by atoms with Crippen LogP contribution in [0.1, 0.15) is 31.4 Å². The minimum atomic E-state index is -3.81. The van der Waals surface area contributed by atoms with Crippen LogP contribution in [0.2, 0.25) is 5.02 Å². The van der Waals surface area contributed by atoms with Crippen molar-refractivity contribution in [1.82, 2.24) is 0 Å². The number of nitrogens with zero attached hydrogens (tertiary/aromatic N) is 1. The average molecular weight is 439 g/mol. The molecule has 8 heteroatoms. The van der Waals surface area contributed by atoms with Crippen molar-refractivity contribution in [3.63, 3.8) is 0 Å². The predicted octanol–water partition coefficient (Wildman–Crippen LogP) is 4.40. The summed E-state index contributed by atoms with van der Waals surface area (Å²) < 4.78 is 31.8. The summed E-state index contributed by atoms with van der Waals surface area (Å²) in [5.41, 5.74) is 2.84. The number of benzene rings is 2. The van der Waals surface area contributed by atoms with E-state index in [0.29, 0.717) is 16.5 Å². The Morgan fingerprint density at radius 1 is 1.24 bits per heavy atom. The molecule has 0 aliphatic carbocycles. The molecule has 0 aromatic heterocycles. The fraction of sp³-hybridized carbons (Fsp3) is 0.381. The minimum Gasteiger partial charge on any atom is -0.495 e. The van der Waals surface area contributed by atoms with E-state index in [4.69, 9.17) is 16.3 Å². The third-order valence-corrected chi connectivity index (χ3v) is 6.10. The summed E-state index contributed by atoms with van der Waals surface area (Å²) in [6.45, 7) is 5.67. The number of anilines is 2. The predicted molar refractivity (Wildman–Crippen MR) is 119 cm³/mol. The molecule has 29 heavy (non-hydrogen) atoms. The van der Waals surface area contributed by atoms with Crippen LogP contribution in [0, 0.1) is 6.92 Å². The molecule has 0 saturated carbocycles. The summed E-state index contributed by atoms with van der Waals surface area (Å²) >= 11 is 6.11. The highest BCUT2D eigenvalue weighted by atomic mass is 35.5. The van der Waals surface area contributed by atoms with E-state index in [-0.39, 0.29) is 12.1 Å². The lowest BCUT2D eigenvalue weighted by Gasteiger charge is -2.31. The number of carbonyl (C=O) groups is 1. The van der Waals surface area contributed by atoms with Gasteiger partial charge in [-0.2, -0.15) is 0 Å². The molecule has 0 aliphatic rings. The van der Waals surface area contributed by atoms with E-state index in [0.717, 1.165) is 28.1 Å². The molecule has 2 aromatic rings. The molecule has 1 N–H and O–H groups in total. The SMILES string of the molecule is CCc1cccc(C)c1NC(=O)C(CC)N(c1cc(Cl)ccc1OC)S(C)(=O)=O. The Kier molecular flexibility index (Phi) is 7.54. The normalized spacial score (nSPS) is 12.3. The molecular weight excluding hydrogens is 412 g/mol. The Morgan fingerprint density at radius 2 is 1.93 bits per heavy atom. The number of methoxy groups -OCH3 is 1. The number of rotatable bonds is 8. The lowest BCUT2D eigenvalue weighted by atomic mass is 10.0. The standard InChI is InChI=1S/C21H27ClN2O4S/c1-6-15-10-8-9-14(3)20(15)23-21(25)17(7-2)24(29(5,26)27)18-13-16(22)11-12-19(18)28-4/h8-13,17H,6-7H2,1-5H3,(H,23,25). The smallest absolute Gasteiger partial charge is 0.248 e. The zero-order chi connectivity index (χ0) is 21.8. The maximum Gasteiger partial charge on any atom is 0.248 e. The van der Waals surface area contributed by atoms with Crippen molar-refractivity contribution in [2.24, 2.45) is 0 Å². The number of aryl methyl sites for hydroxylation is 2. The molecule has 2 aromatic carbocycles. The average Bonchev–Trinajstić information content (AvgIpc) is 2.66. The van der Waals surface area contributed by atoms with E-state index in [1.807, 2.05) is 32.0 Å². The number of hydrogen-bond acceptors (Lipinski definition) is 4. The van der Waals surface area contributed by atoms with Gasteiger partial charge in [0.1, 0.15) is 11.8 Å². The largest absolute Gasteiger partial charge is 0.495 e. The molecule has 0 heterocycles. The molecule has 1 unspecified atom stereocenters. The summed E-state index contributed by atoms with van der Waals surface area (Å²) in [5, 5.41) is 3.28. The zero-order valence-electron chi connectivity index (χ0n) is 17.3. The lowest BCUT2D eigenvalue weighted by Crippen LogP contribution is -2.47. The second-order valence-electron chi connectivity index (χ2n) is 6.75. The van der Waals surface area contributed by atoms with Gasteiger partial charge < -0.3 is 10.1 Å². The molecular formula is C21H27ClN2O4S. The van der Waals surface area contributed by atoms with E-state index < -0.39 is 22.0 Å². The maximum atomic E-state index is 13.2. The van der Waals surface area contributed by atoms with Crippen LogP contribution in [0.4, 0.5) is 11.4 Å². The van der Waals surface area contributed by atoms with Gasteiger partial charge in [-0.1, -0.05) is 43.6 Å². The number of carbonyl (C=O) groups excluding carboxylic acids is 1. The number of halogens is 1. The number of nitrogens with one attached hydrogen (secondary N) is 1. The van der Waals surface area contributed by atoms with Crippen LogP contribution in [0.15, 0.2) is 36.4 Å². The Bertz CT molecular complexity index is 992. The molecule has 0 fully saturated rings. The van der Waals surface area contributed by atoms with Crippen molar-refractivity contribution in [3.05, 3.63) is 52.5 Å². The molecule has 0 spiro atoms. The van der Waals surface area contributed by atoms with Crippen molar-refractivity contribution >= 4 is 38.9 Å². The topological polar surface area (TPSA) is 75.7 Å². The first-order chi connectivity index (χ1) is 13.6. The van der Waals surface area contributed by atoms with Gasteiger partial charge in [-0.15, -0.1) is 0 Å². The zero-order valence-corrected chi connectivity index (χ0v) is 18.9. The summed E-state index contributed by atoms with van der Waals surface area (Å²) in [6.07, 6.45) is 2.07. The van der Waals surface area contributed by atoms with Crippen LogP contribution in [-0.2, 0) is 21.2 Å². The number of sulfonamides is 1. The molecule has 0 radical (unpaired) electrons. The molecule has 6 nitrogen and oxygen atoms in total. The van der Waals surface area contributed by atoms with Crippen molar-refractivity contribution in [2.75, 3.05) is 23.0 Å². The first-order valence-electron chi connectivity index (χ1n) is 9.36. The molecule has 0 saturated heterocycles. The van der Waals surface area contributed by atoms with Crippen LogP contribution < -0.4 is 14.4 Å². The second-order valence-corrected chi connectivity index (χ2v) is 9.05. The summed E-state index contributed by atoms with van der Waals surface area (Å²) in [5.74, 6) is -0.0971. The van der Waals surface area contributed by atoms with Crippen molar-refractivity contribution in [3.8, 4) is 5.75 Å². The monoisotopic (exact) mass is 438 g/mol. The molecule has 1 atom stereocenters. The number of ether oxygens (including phenoxy) is 1. The third kappa shape index (κ3) is 5.22. The molecule has 0 bridgehead atoms. The fourth-order valence-electron chi connectivity index (χ4n) is 3.28. The third-order valence-electron chi connectivity index (χ3n) is 4.70. The Labute approximate surface area is 177 Å². The number of hydrogen-bond donors (Lipinski definition) is 1. The highest BCUT2D eigenvalue weighted by Gasteiger charge is 2.34. The van der Waals surface area contributed by atoms with Crippen LogP contribution in [0.3, 0.4) is 0 Å². The molecule has 0 aliphatic heterocycles. The number of amides is 1. The Balaban J connectivity index is 2.53. The van der Waals surface area contributed by atoms with Gasteiger partial charge >= 0.3 is 0 Å². The molecule has 1 amide bonds. The molecule has 158 valence electrons. The van der Waals surface area contributed by atoms with Crippen LogP contribution >= 0.6 is 11.6 Å². The highest BCUT2D eigenvalue weighted by molar-refractivity contribution is 7.92. The van der Waals surface area contributed by atoms with Gasteiger partial charge in [0.15, 0.2) is 0 Å². The maximum absolute atomic E-state index is 13.2. The number of para-hydroxylation sites is 1. The van der Waals surface area contributed by atoms with Gasteiger partial charge in [-0.05, 0) is 49.1 Å². The van der Waals surface area contributed by atoms with Crippen LogP contribution in [0.25, 0.3) is 0 Å². The van der Waals surface area contributed by atoms with Gasteiger partial charge in [0, 0.05) is 10.7 Å². The van der Waals surface area contributed by atoms with Gasteiger partial charge in [0.05, 0.1) is 19.1 Å². The van der Waals surface area contributed by atoms with E-state index in [1.54, 1.807) is 19.1 Å². The fourth-order valence-corrected chi connectivity index (χ4v) is 4.65. The van der Waals surface area contributed by atoms with E-state index in [9.17, 15) is 13.2 Å². The Hall–Kier alpha value is -2.25. The van der Waals surface area contributed by atoms with Crippen LogP contribution in [0.5, 0.6) is 5.75 Å². The van der Waals surface area contributed by atoms with Gasteiger partial charge in [0.2, 0.25) is 15.9 Å². The molecule has 2 rings (SSSR count). The second kappa shape index (κ2) is 9.50. The summed E-state index contributed by atoms with van der Waals surface area (Å²) in [7, 11) is -2.37. The van der Waals surface area contributed by atoms with Crippen molar-refractivity contribution < 1.29 is 17.9 Å². The van der Waals surface area contributed by atoms with Crippen molar-refractivity contribution in [1.29, 1.82) is 0 Å². The van der Waals surface area contributed by atoms with Gasteiger partial charge in [-0.3, -0.25) is 9.10 Å². The lowest BCUT2D eigenvalue weighted by molar-refractivity contribution is -0.117. The van der Waals surface area contributed by atoms with E-state index in [2.05, 4.69) is 5.32 Å². The van der Waals surface area contributed by atoms with E-state index >= 15 is 0 Å². The van der Waals surface area contributed by atoms with E-state index in [1.165, 1.54) is 13.2 Å². The minimum absolute atomic E-state index is 0.227. The first kappa shape index (κ1) is 23.0. The first-order valence-corrected chi connectivity index (χ1v) is 11.6. The van der Waals surface area contributed by atoms with Gasteiger partial charge in [0.25, 0.3) is 0 Å². The Morgan fingerprint density at radius 3 is 2.48 bits per heavy atom. The summed E-state index contributed by atoms with van der Waals surface area (Å²) in [4.78, 5) is 13.2. The summed E-state index contributed by atoms with van der Waals surface area (Å²) in [6, 6.07) is 9.48. The quantitative estimate of drug-likeness (QED) is 0.662. The highest BCUT2D eigenvalue weighted by Crippen LogP contribution is 2.35.